The number of carbonyl (C=O) groups is 2. The molecule has 0 saturated carbocycles. The Morgan fingerprint density at radius 3 is 2.10 bits per heavy atom. The lowest BCUT2D eigenvalue weighted by atomic mass is 9.81. The normalized spacial score (nSPS) is 17.5. The number of hydrogen-bond acceptors (Lipinski definition) is 3. The third-order valence-corrected chi connectivity index (χ3v) is 5.89. The molecule has 0 aliphatic carbocycles. The second kappa shape index (κ2) is 7.83. The summed E-state index contributed by atoms with van der Waals surface area (Å²) in [4.78, 5) is 28.1. The van der Waals surface area contributed by atoms with Crippen LogP contribution in [0.2, 0.25) is 5.02 Å². The predicted molar refractivity (Wildman–Crippen MR) is 126 cm³/mol. The lowest BCUT2D eigenvalue weighted by Gasteiger charge is -2.30. The number of hydrogen-bond donors (Lipinski definition) is 1. The Bertz CT molecular complexity index is 1070. The third-order valence-electron chi connectivity index (χ3n) is 5.66. The highest BCUT2D eigenvalue weighted by Gasteiger charge is 2.47. The molecule has 0 saturated heterocycles. The van der Waals surface area contributed by atoms with Crippen molar-refractivity contribution in [2.75, 3.05) is 4.90 Å². The molecule has 164 valence electrons. The van der Waals surface area contributed by atoms with Gasteiger partial charge in [0.25, 0.3) is 5.91 Å². The summed E-state index contributed by atoms with van der Waals surface area (Å²) in [6.07, 6.45) is 0. The van der Waals surface area contributed by atoms with E-state index in [2.05, 4.69) is 20.8 Å². The van der Waals surface area contributed by atoms with Crippen LogP contribution >= 0.6 is 11.6 Å². The van der Waals surface area contributed by atoms with Crippen LogP contribution in [-0.4, -0.2) is 16.8 Å². The fourth-order valence-corrected chi connectivity index (χ4v) is 3.98. The lowest BCUT2D eigenvalue weighted by Crippen LogP contribution is -2.33. The van der Waals surface area contributed by atoms with Crippen LogP contribution in [0.25, 0.3) is 0 Å². The number of rotatable bonds is 3. The molecule has 1 aliphatic heterocycles. The topological polar surface area (TPSA) is 57.6 Å². The van der Waals surface area contributed by atoms with Crippen molar-refractivity contribution in [3.8, 4) is 0 Å². The van der Waals surface area contributed by atoms with Gasteiger partial charge in [-0.3, -0.25) is 14.5 Å². The van der Waals surface area contributed by atoms with E-state index in [4.69, 9.17) is 11.6 Å². The summed E-state index contributed by atoms with van der Waals surface area (Å²) in [7, 11) is 0. The largest absolute Gasteiger partial charge is 0.503 e. The molecular formula is C26H30ClNO3. The van der Waals surface area contributed by atoms with E-state index in [0.29, 0.717) is 10.7 Å². The van der Waals surface area contributed by atoms with Gasteiger partial charge in [0.15, 0.2) is 11.5 Å². The zero-order valence-corrected chi connectivity index (χ0v) is 20.0. The van der Waals surface area contributed by atoms with Crippen molar-refractivity contribution in [3.63, 3.8) is 0 Å². The van der Waals surface area contributed by atoms with Gasteiger partial charge >= 0.3 is 0 Å². The van der Waals surface area contributed by atoms with Gasteiger partial charge in [-0.15, -0.1) is 0 Å². The van der Waals surface area contributed by atoms with Crippen LogP contribution in [0.1, 0.15) is 64.3 Å². The molecule has 1 aliphatic rings. The highest BCUT2D eigenvalue weighted by atomic mass is 35.5. The lowest BCUT2D eigenvalue weighted by molar-refractivity contribution is -0.123. The molecule has 2 aromatic carbocycles. The molecule has 0 radical (unpaired) electrons. The van der Waals surface area contributed by atoms with Gasteiger partial charge in [0.1, 0.15) is 0 Å². The first kappa shape index (κ1) is 23.1. The molecule has 5 heteroatoms. The average molecular weight is 440 g/mol. The Hall–Kier alpha value is -2.59. The summed E-state index contributed by atoms with van der Waals surface area (Å²) in [5.41, 5.74) is 2.64. The van der Waals surface area contributed by atoms with Gasteiger partial charge in [-0.2, -0.15) is 0 Å². The summed E-state index contributed by atoms with van der Waals surface area (Å²) in [6, 6.07) is 12.4. The first-order chi connectivity index (χ1) is 14.2. The number of carbonyl (C=O) groups excluding carboxylic acids is 2. The Morgan fingerprint density at radius 2 is 1.58 bits per heavy atom. The standard InChI is InChI=1S/C26H30ClNO3/c1-15-8-13-18(27)14-19(15)28-21(16-9-11-17(12-10-16)25(2,3)4)20(22(29)24(28)31)23(30)26(5,6)7/h8-14,21,29H,1-7H3. The Kier molecular flexibility index (Phi) is 5.83. The highest BCUT2D eigenvalue weighted by molar-refractivity contribution is 6.31. The van der Waals surface area contributed by atoms with Crippen molar-refractivity contribution in [1.82, 2.24) is 0 Å². The minimum Gasteiger partial charge on any atom is -0.503 e. The first-order valence-corrected chi connectivity index (χ1v) is 10.8. The van der Waals surface area contributed by atoms with Crippen molar-refractivity contribution < 1.29 is 14.7 Å². The Labute approximate surface area is 189 Å². The molecule has 2 aromatic rings. The molecule has 0 aromatic heterocycles. The van der Waals surface area contributed by atoms with Crippen molar-refractivity contribution >= 4 is 29.0 Å². The molecule has 0 fully saturated rings. The fraction of sp³-hybridized carbons (Fsp3) is 0.385. The van der Waals surface area contributed by atoms with Gasteiger partial charge in [0.2, 0.25) is 0 Å². The summed E-state index contributed by atoms with van der Waals surface area (Å²) in [5.74, 6) is -1.35. The molecule has 1 heterocycles. The van der Waals surface area contributed by atoms with Crippen molar-refractivity contribution in [3.05, 3.63) is 75.5 Å². The maximum absolute atomic E-state index is 13.3. The van der Waals surface area contributed by atoms with Crippen molar-refractivity contribution in [2.24, 2.45) is 5.41 Å². The van der Waals surface area contributed by atoms with E-state index in [-0.39, 0.29) is 16.8 Å². The summed E-state index contributed by atoms with van der Waals surface area (Å²) < 4.78 is 0. The zero-order valence-electron chi connectivity index (χ0n) is 19.2. The van der Waals surface area contributed by atoms with Crippen LogP contribution < -0.4 is 4.90 Å². The number of halogens is 1. The summed E-state index contributed by atoms with van der Waals surface area (Å²) >= 11 is 6.23. The van der Waals surface area contributed by atoms with E-state index in [1.165, 1.54) is 4.90 Å². The minimum atomic E-state index is -0.757. The molecule has 31 heavy (non-hydrogen) atoms. The van der Waals surface area contributed by atoms with Crippen LogP contribution in [0.3, 0.4) is 0 Å². The number of benzene rings is 2. The van der Waals surface area contributed by atoms with E-state index < -0.39 is 23.1 Å². The van der Waals surface area contributed by atoms with E-state index in [9.17, 15) is 14.7 Å². The van der Waals surface area contributed by atoms with Gasteiger partial charge < -0.3 is 5.11 Å². The van der Waals surface area contributed by atoms with E-state index in [0.717, 1.165) is 16.7 Å². The van der Waals surface area contributed by atoms with E-state index in [1.54, 1.807) is 32.9 Å². The number of aliphatic hydroxyl groups excluding tert-OH is 1. The quantitative estimate of drug-likeness (QED) is 0.596. The van der Waals surface area contributed by atoms with Crippen LogP contribution in [0.15, 0.2) is 53.8 Å². The zero-order chi connectivity index (χ0) is 23.3. The number of anilines is 1. The van der Waals surface area contributed by atoms with Gasteiger partial charge in [-0.05, 0) is 41.2 Å². The smallest absolute Gasteiger partial charge is 0.294 e. The van der Waals surface area contributed by atoms with Gasteiger partial charge in [-0.25, -0.2) is 0 Å². The summed E-state index contributed by atoms with van der Waals surface area (Å²) in [5, 5.41) is 11.3. The maximum Gasteiger partial charge on any atom is 0.294 e. The summed E-state index contributed by atoms with van der Waals surface area (Å²) in [6.45, 7) is 13.6. The number of Topliss-reactive ketones (excluding diaryl/α,β-unsaturated/α-hetero) is 1. The third kappa shape index (κ3) is 4.27. The van der Waals surface area contributed by atoms with Crippen molar-refractivity contribution in [1.29, 1.82) is 0 Å². The van der Waals surface area contributed by atoms with Gasteiger partial charge in [-0.1, -0.05) is 83.5 Å². The Balaban J connectivity index is 2.23. The monoisotopic (exact) mass is 439 g/mol. The molecule has 1 atom stereocenters. The molecule has 4 nitrogen and oxygen atoms in total. The minimum absolute atomic E-state index is 0.0324. The van der Waals surface area contributed by atoms with Crippen LogP contribution in [-0.2, 0) is 15.0 Å². The first-order valence-electron chi connectivity index (χ1n) is 10.4. The molecule has 1 unspecified atom stereocenters. The molecular weight excluding hydrogens is 410 g/mol. The second-order valence-corrected chi connectivity index (χ2v) is 10.7. The van der Waals surface area contributed by atoms with E-state index >= 15 is 0 Å². The second-order valence-electron chi connectivity index (χ2n) is 10.2. The molecule has 0 bridgehead atoms. The number of amides is 1. The molecule has 3 rings (SSSR count). The Morgan fingerprint density at radius 1 is 1.00 bits per heavy atom. The van der Waals surface area contributed by atoms with Crippen molar-refractivity contribution in [2.45, 2.75) is 59.9 Å². The average Bonchev–Trinajstić information content (AvgIpc) is 2.93. The maximum atomic E-state index is 13.3. The molecule has 1 amide bonds. The fourth-order valence-electron chi connectivity index (χ4n) is 3.81. The van der Waals surface area contributed by atoms with Crippen LogP contribution in [0.5, 0.6) is 0 Å². The molecule has 0 spiro atoms. The highest BCUT2D eigenvalue weighted by Crippen LogP contribution is 2.45. The number of aryl methyl sites for hydroxylation is 1. The SMILES string of the molecule is Cc1ccc(Cl)cc1N1C(=O)C(O)=C(C(=O)C(C)(C)C)C1c1ccc(C(C)(C)C)cc1. The number of nitrogens with zero attached hydrogens (tertiary/aromatic N) is 1. The van der Waals surface area contributed by atoms with Gasteiger partial charge in [0, 0.05) is 16.1 Å². The van der Waals surface area contributed by atoms with Crippen LogP contribution in [0, 0.1) is 12.3 Å². The number of aliphatic hydroxyl groups is 1. The van der Waals surface area contributed by atoms with E-state index in [1.807, 2.05) is 37.3 Å². The molecule has 1 N–H and O–H groups in total. The van der Waals surface area contributed by atoms with Crippen LogP contribution in [0.4, 0.5) is 5.69 Å². The number of ketones is 1. The van der Waals surface area contributed by atoms with Gasteiger partial charge in [0.05, 0.1) is 11.6 Å². The predicted octanol–water partition coefficient (Wildman–Crippen LogP) is 6.46.